The normalized spacial score (nSPS) is 10.4. The van der Waals surface area contributed by atoms with Crippen molar-refractivity contribution in [1.82, 2.24) is 0 Å². The molecule has 0 amide bonds. The smallest absolute Gasteiger partial charge is 0.128 e. The van der Waals surface area contributed by atoms with Crippen LogP contribution in [0.3, 0.4) is 0 Å². The Labute approximate surface area is 115 Å². The highest BCUT2D eigenvalue weighted by Gasteiger charge is 2.10. The molecule has 2 aromatic carbocycles. The van der Waals surface area contributed by atoms with Crippen molar-refractivity contribution in [3.05, 3.63) is 51.8 Å². The molecule has 0 spiro atoms. The van der Waals surface area contributed by atoms with E-state index in [-0.39, 0.29) is 5.82 Å². The van der Waals surface area contributed by atoms with Crippen LogP contribution in [-0.2, 0) is 0 Å². The van der Waals surface area contributed by atoms with Crippen LogP contribution < -0.4 is 11.1 Å². The molecule has 3 N–H and O–H groups in total. The Balaban J connectivity index is 2.43. The van der Waals surface area contributed by atoms with E-state index in [9.17, 15) is 4.39 Å². The zero-order valence-electron chi connectivity index (χ0n) is 9.60. The Morgan fingerprint density at radius 2 is 1.78 bits per heavy atom. The van der Waals surface area contributed by atoms with Crippen molar-refractivity contribution in [2.24, 2.45) is 0 Å². The lowest BCUT2D eigenvalue weighted by Gasteiger charge is -2.13. The van der Waals surface area contributed by atoms with Crippen molar-refractivity contribution < 1.29 is 4.39 Å². The van der Waals surface area contributed by atoms with Crippen LogP contribution in [0.25, 0.3) is 0 Å². The molecule has 0 fully saturated rings. The first kappa shape index (κ1) is 13.0. The molecule has 0 aliphatic carbocycles. The Kier molecular flexibility index (Phi) is 3.64. The number of benzene rings is 2. The fraction of sp³-hybridized carbons (Fsp3) is 0.0769. The molecule has 0 aromatic heterocycles. The van der Waals surface area contributed by atoms with E-state index in [0.717, 1.165) is 0 Å². The lowest BCUT2D eigenvalue weighted by Crippen LogP contribution is -1.97. The summed E-state index contributed by atoms with van der Waals surface area (Å²) in [6.45, 7) is 1.68. The van der Waals surface area contributed by atoms with Gasteiger partial charge in [-0.2, -0.15) is 0 Å². The number of halogens is 3. The fourth-order valence-electron chi connectivity index (χ4n) is 1.59. The molecule has 0 aliphatic rings. The fourth-order valence-corrected chi connectivity index (χ4v) is 2.19. The number of rotatable bonds is 2. The van der Waals surface area contributed by atoms with Crippen LogP contribution in [0, 0.1) is 12.7 Å². The molecular formula is C13H11Cl2FN2. The van der Waals surface area contributed by atoms with Gasteiger partial charge in [-0.25, -0.2) is 4.39 Å². The zero-order valence-corrected chi connectivity index (χ0v) is 11.1. The second-order valence-electron chi connectivity index (χ2n) is 3.90. The van der Waals surface area contributed by atoms with Crippen LogP contribution >= 0.6 is 23.2 Å². The molecule has 0 aliphatic heterocycles. The molecule has 18 heavy (non-hydrogen) atoms. The van der Waals surface area contributed by atoms with Crippen molar-refractivity contribution >= 4 is 40.3 Å². The van der Waals surface area contributed by atoms with Crippen LogP contribution in [0.2, 0.25) is 10.0 Å². The molecule has 2 aromatic rings. The molecule has 0 saturated heterocycles. The van der Waals surface area contributed by atoms with E-state index in [1.165, 1.54) is 6.07 Å². The third-order valence-electron chi connectivity index (χ3n) is 2.59. The molecule has 94 valence electrons. The molecule has 0 saturated carbocycles. The van der Waals surface area contributed by atoms with E-state index in [4.69, 9.17) is 28.9 Å². The van der Waals surface area contributed by atoms with Crippen LogP contribution in [0.5, 0.6) is 0 Å². The van der Waals surface area contributed by atoms with Gasteiger partial charge in [-0.3, -0.25) is 0 Å². The van der Waals surface area contributed by atoms with Gasteiger partial charge in [0.05, 0.1) is 15.7 Å². The van der Waals surface area contributed by atoms with Gasteiger partial charge in [-0.05, 0) is 31.2 Å². The van der Waals surface area contributed by atoms with Crippen LogP contribution in [0.1, 0.15) is 5.56 Å². The van der Waals surface area contributed by atoms with Crippen molar-refractivity contribution in [2.75, 3.05) is 11.1 Å². The molecule has 0 unspecified atom stereocenters. The minimum Gasteiger partial charge on any atom is -0.399 e. The summed E-state index contributed by atoms with van der Waals surface area (Å²) in [6, 6.07) is 7.94. The summed E-state index contributed by atoms with van der Waals surface area (Å²) in [5, 5.41) is 3.80. The standard InChI is InChI=1S/C13H11Cl2FN2/c1-7-11(16)3-2-4-12(7)18-13-9(14)5-8(17)6-10(13)15/h2-6,18H,17H2,1H3. The first-order chi connectivity index (χ1) is 8.49. The monoisotopic (exact) mass is 284 g/mol. The van der Waals surface area contributed by atoms with E-state index in [2.05, 4.69) is 5.32 Å². The van der Waals surface area contributed by atoms with Crippen LogP contribution in [0.15, 0.2) is 30.3 Å². The minimum atomic E-state index is -0.289. The Morgan fingerprint density at radius 1 is 1.17 bits per heavy atom. The van der Waals surface area contributed by atoms with Crippen LogP contribution in [-0.4, -0.2) is 0 Å². The SMILES string of the molecule is Cc1c(F)cccc1Nc1c(Cl)cc(N)cc1Cl. The number of anilines is 3. The quantitative estimate of drug-likeness (QED) is 0.780. The zero-order chi connectivity index (χ0) is 13.3. The molecule has 5 heteroatoms. The minimum absolute atomic E-state index is 0.289. The van der Waals surface area contributed by atoms with Gasteiger partial charge in [-0.15, -0.1) is 0 Å². The Morgan fingerprint density at radius 3 is 2.39 bits per heavy atom. The Bertz CT molecular complexity index is 577. The number of hydrogen-bond donors (Lipinski definition) is 2. The maximum Gasteiger partial charge on any atom is 0.128 e. The maximum absolute atomic E-state index is 13.4. The van der Waals surface area contributed by atoms with Gasteiger partial charge in [0.1, 0.15) is 5.82 Å². The highest BCUT2D eigenvalue weighted by atomic mass is 35.5. The highest BCUT2D eigenvalue weighted by molar-refractivity contribution is 6.39. The average Bonchev–Trinajstić information content (AvgIpc) is 2.28. The number of nitrogen functional groups attached to an aromatic ring is 1. The largest absolute Gasteiger partial charge is 0.399 e. The molecule has 0 atom stereocenters. The number of nitrogens with one attached hydrogen (secondary N) is 1. The predicted molar refractivity (Wildman–Crippen MR) is 75.3 cm³/mol. The predicted octanol–water partition coefficient (Wildman–Crippen LogP) is 4.77. The van der Waals surface area contributed by atoms with E-state index in [1.54, 1.807) is 31.2 Å². The van der Waals surface area contributed by atoms with E-state index >= 15 is 0 Å². The lowest BCUT2D eigenvalue weighted by atomic mass is 10.2. The molecule has 2 rings (SSSR count). The summed E-state index contributed by atoms with van der Waals surface area (Å²) in [7, 11) is 0. The number of nitrogens with two attached hydrogens (primary N) is 1. The molecule has 0 heterocycles. The van der Waals surface area contributed by atoms with Gasteiger partial charge in [0.15, 0.2) is 0 Å². The maximum atomic E-state index is 13.4. The van der Waals surface area contributed by atoms with Gasteiger partial charge in [0.25, 0.3) is 0 Å². The first-order valence-corrected chi connectivity index (χ1v) is 6.01. The Hall–Kier alpha value is -1.45. The summed E-state index contributed by atoms with van der Waals surface area (Å²) in [5.41, 5.74) is 7.73. The summed E-state index contributed by atoms with van der Waals surface area (Å²) in [5.74, 6) is -0.289. The average molecular weight is 285 g/mol. The van der Waals surface area contributed by atoms with Gasteiger partial charge < -0.3 is 11.1 Å². The third kappa shape index (κ3) is 2.52. The van der Waals surface area contributed by atoms with Gasteiger partial charge >= 0.3 is 0 Å². The highest BCUT2D eigenvalue weighted by Crippen LogP contribution is 2.35. The van der Waals surface area contributed by atoms with Crippen LogP contribution in [0.4, 0.5) is 21.5 Å². The van der Waals surface area contributed by atoms with Gasteiger partial charge in [-0.1, -0.05) is 29.3 Å². The van der Waals surface area contributed by atoms with E-state index < -0.39 is 0 Å². The summed E-state index contributed by atoms with van der Waals surface area (Å²) in [4.78, 5) is 0. The van der Waals surface area contributed by atoms with E-state index in [1.807, 2.05) is 0 Å². The van der Waals surface area contributed by atoms with E-state index in [0.29, 0.717) is 32.7 Å². The molecule has 0 radical (unpaired) electrons. The third-order valence-corrected chi connectivity index (χ3v) is 3.19. The van der Waals surface area contributed by atoms with Gasteiger partial charge in [0.2, 0.25) is 0 Å². The molecule has 2 nitrogen and oxygen atoms in total. The second-order valence-corrected chi connectivity index (χ2v) is 4.71. The summed E-state index contributed by atoms with van der Waals surface area (Å²) in [6.07, 6.45) is 0. The van der Waals surface area contributed by atoms with Crippen molar-refractivity contribution in [3.8, 4) is 0 Å². The lowest BCUT2D eigenvalue weighted by molar-refractivity contribution is 0.619. The van der Waals surface area contributed by atoms with Gasteiger partial charge in [0, 0.05) is 16.9 Å². The van der Waals surface area contributed by atoms with Crippen molar-refractivity contribution in [3.63, 3.8) is 0 Å². The topological polar surface area (TPSA) is 38.0 Å². The second kappa shape index (κ2) is 5.04. The van der Waals surface area contributed by atoms with Crippen molar-refractivity contribution in [1.29, 1.82) is 0 Å². The first-order valence-electron chi connectivity index (χ1n) is 5.25. The van der Waals surface area contributed by atoms with Crippen molar-refractivity contribution in [2.45, 2.75) is 6.92 Å². The molecular weight excluding hydrogens is 274 g/mol. The number of hydrogen-bond acceptors (Lipinski definition) is 2. The summed E-state index contributed by atoms with van der Waals surface area (Å²) >= 11 is 12.1. The summed E-state index contributed by atoms with van der Waals surface area (Å²) < 4.78 is 13.4. The molecule has 0 bridgehead atoms.